The van der Waals surface area contributed by atoms with Crippen LogP contribution in [0.1, 0.15) is 30.4 Å². The van der Waals surface area contributed by atoms with Crippen molar-refractivity contribution in [2.75, 3.05) is 0 Å². The molecule has 3 atom stereocenters. The van der Waals surface area contributed by atoms with Crippen LogP contribution in [0.3, 0.4) is 0 Å². The molecule has 1 fully saturated rings. The van der Waals surface area contributed by atoms with Crippen molar-refractivity contribution in [2.24, 2.45) is 0 Å². The maximum atomic E-state index is 12.5. The van der Waals surface area contributed by atoms with Crippen LogP contribution in [0.2, 0.25) is 0 Å². The van der Waals surface area contributed by atoms with Crippen LogP contribution < -0.4 is 0 Å². The van der Waals surface area contributed by atoms with Crippen LogP contribution in [-0.4, -0.2) is 40.3 Å². The highest BCUT2D eigenvalue weighted by Gasteiger charge is 2.35. The molecule has 2 aromatic rings. The summed E-state index contributed by atoms with van der Waals surface area (Å²) in [6, 6.07) is 12.4. The molecule has 1 unspecified atom stereocenters. The van der Waals surface area contributed by atoms with Gasteiger partial charge >= 0.3 is 0 Å². The Morgan fingerprint density at radius 2 is 1.03 bits per heavy atom. The monoisotopic (exact) mass is 440 g/mol. The van der Waals surface area contributed by atoms with Gasteiger partial charge in [-0.25, -0.2) is 0 Å². The second kappa shape index (κ2) is 8.53. The summed E-state index contributed by atoms with van der Waals surface area (Å²) in [6.07, 6.45) is -2.51. The number of aliphatic hydroxyl groups is 1. The second-order valence-electron chi connectivity index (χ2n) is 7.33. The zero-order chi connectivity index (χ0) is 21.2. The molecule has 0 aromatic heterocycles. The Morgan fingerprint density at radius 3 is 1.38 bits per heavy atom. The van der Waals surface area contributed by atoms with E-state index in [0.29, 0.717) is 0 Å². The van der Waals surface area contributed by atoms with E-state index >= 15 is 0 Å². The van der Waals surface area contributed by atoms with E-state index in [2.05, 4.69) is 0 Å². The minimum atomic E-state index is -4.04. The minimum Gasteiger partial charge on any atom is -0.393 e. The fraction of sp³-hybridized carbons (Fsp3) is 0.400. The maximum Gasteiger partial charge on any atom is 0.297 e. The van der Waals surface area contributed by atoms with Crippen molar-refractivity contribution >= 4 is 20.2 Å². The summed E-state index contributed by atoms with van der Waals surface area (Å²) in [5, 5.41) is 10.1. The van der Waals surface area contributed by atoms with Crippen LogP contribution in [0.5, 0.6) is 0 Å². The van der Waals surface area contributed by atoms with Crippen molar-refractivity contribution in [3.8, 4) is 0 Å². The molecule has 0 spiro atoms. The van der Waals surface area contributed by atoms with E-state index in [1.165, 1.54) is 24.3 Å². The van der Waals surface area contributed by atoms with Crippen molar-refractivity contribution in [3.63, 3.8) is 0 Å². The summed E-state index contributed by atoms with van der Waals surface area (Å²) in [6.45, 7) is 3.68. The van der Waals surface area contributed by atoms with Gasteiger partial charge in [0.2, 0.25) is 0 Å². The standard InChI is InChI=1S/C20H24O7S2/c1-14-3-7-19(8-4-14)28(22,23)26-17-11-16(21)12-18(13-17)27-29(24,25)20-9-5-15(2)6-10-20/h3-10,16-18,21H,11-13H2,1-2H3/t16?,17-,18+. The van der Waals surface area contributed by atoms with E-state index in [1.54, 1.807) is 24.3 Å². The van der Waals surface area contributed by atoms with Gasteiger partial charge in [-0.05, 0) is 38.1 Å². The number of rotatable bonds is 6. The largest absolute Gasteiger partial charge is 0.393 e. The molecule has 1 aliphatic carbocycles. The number of hydrogen-bond donors (Lipinski definition) is 1. The Bertz CT molecular complexity index is 958. The van der Waals surface area contributed by atoms with Crippen LogP contribution >= 0.6 is 0 Å². The Hall–Kier alpha value is -1.78. The van der Waals surface area contributed by atoms with Crippen molar-refractivity contribution in [1.29, 1.82) is 0 Å². The van der Waals surface area contributed by atoms with Gasteiger partial charge in [-0.2, -0.15) is 16.8 Å². The summed E-state index contributed by atoms with van der Waals surface area (Å²) in [5.41, 5.74) is 1.82. The second-order valence-corrected chi connectivity index (χ2v) is 10.5. The van der Waals surface area contributed by atoms with Gasteiger partial charge in [0.25, 0.3) is 20.2 Å². The predicted octanol–water partition coefficient (Wildman–Crippen LogP) is 2.70. The molecule has 158 valence electrons. The number of aliphatic hydroxyl groups excluding tert-OH is 1. The van der Waals surface area contributed by atoms with Crippen LogP contribution in [0.25, 0.3) is 0 Å². The molecular weight excluding hydrogens is 416 g/mol. The number of hydrogen-bond acceptors (Lipinski definition) is 7. The van der Waals surface area contributed by atoms with Crippen LogP contribution in [0.4, 0.5) is 0 Å². The summed E-state index contributed by atoms with van der Waals surface area (Å²) >= 11 is 0. The highest BCUT2D eigenvalue weighted by Crippen LogP contribution is 2.29. The Morgan fingerprint density at radius 1 is 0.690 bits per heavy atom. The molecule has 3 rings (SSSR count). The van der Waals surface area contributed by atoms with Gasteiger partial charge in [0.05, 0.1) is 28.1 Å². The molecule has 1 aliphatic rings. The van der Waals surface area contributed by atoms with Gasteiger partial charge < -0.3 is 5.11 Å². The summed E-state index contributed by atoms with van der Waals surface area (Å²) in [5.74, 6) is 0. The summed E-state index contributed by atoms with van der Waals surface area (Å²) in [7, 11) is -8.08. The molecule has 29 heavy (non-hydrogen) atoms. The highest BCUT2D eigenvalue weighted by molar-refractivity contribution is 7.87. The van der Waals surface area contributed by atoms with E-state index in [-0.39, 0.29) is 29.1 Å². The summed E-state index contributed by atoms with van der Waals surface area (Å²) < 4.78 is 60.6. The molecular formula is C20H24O7S2. The first kappa shape index (κ1) is 21.9. The Labute approximate surface area is 171 Å². The first-order valence-electron chi connectivity index (χ1n) is 9.23. The van der Waals surface area contributed by atoms with Gasteiger partial charge in [-0.15, -0.1) is 0 Å². The van der Waals surface area contributed by atoms with Crippen molar-refractivity contribution in [3.05, 3.63) is 59.7 Å². The molecule has 2 aromatic carbocycles. The van der Waals surface area contributed by atoms with Crippen molar-refractivity contribution in [1.82, 2.24) is 0 Å². The molecule has 0 saturated heterocycles. The molecule has 0 bridgehead atoms. The lowest BCUT2D eigenvalue weighted by molar-refractivity contribution is -0.000822. The topological polar surface area (TPSA) is 107 Å². The quantitative estimate of drug-likeness (QED) is 0.688. The van der Waals surface area contributed by atoms with E-state index < -0.39 is 38.5 Å². The third-order valence-corrected chi connectivity index (χ3v) is 7.49. The van der Waals surface area contributed by atoms with Gasteiger partial charge in [0, 0.05) is 19.3 Å². The molecule has 1 N–H and O–H groups in total. The van der Waals surface area contributed by atoms with E-state index in [1.807, 2.05) is 13.8 Å². The molecule has 7 nitrogen and oxygen atoms in total. The van der Waals surface area contributed by atoms with Crippen LogP contribution in [0.15, 0.2) is 58.3 Å². The van der Waals surface area contributed by atoms with Crippen LogP contribution in [0, 0.1) is 13.8 Å². The molecule has 0 aliphatic heterocycles. The molecule has 0 heterocycles. The first-order chi connectivity index (χ1) is 13.5. The zero-order valence-electron chi connectivity index (χ0n) is 16.2. The van der Waals surface area contributed by atoms with Gasteiger partial charge in [-0.1, -0.05) is 35.4 Å². The number of benzene rings is 2. The fourth-order valence-electron chi connectivity index (χ4n) is 3.23. The average molecular weight is 441 g/mol. The van der Waals surface area contributed by atoms with Gasteiger partial charge in [0.1, 0.15) is 0 Å². The Balaban J connectivity index is 1.71. The lowest BCUT2D eigenvalue weighted by Crippen LogP contribution is -2.38. The predicted molar refractivity (Wildman–Crippen MR) is 106 cm³/mol. The van der Waals surface area contributed by atoms with E-state index in [0.717, 1.165) is 11.1 Å². The average Bonchev–Trinajstić information content (AvgIpc) is 2.61. The van der Waals surface area contributed by atoms with Gasteiger partial charge in [0.15, 0.2) is 0 Å². The lowest BCUT2D eigenvalue weighted by atomic mass is 9.93. The SMILES string of the molecule is Cc1ccc(S(=O)(=O)O[C@@H]2CC(O)C[C@H](OS(=O)(=O)c3ccc(C)cc3)C2)cc1. The fourth-order valence-corrected chi connectivity index (χ4v) is 5.42. The van der Waals surface area contributed by atoms with Crippen molar-refractivity contribution in [2.45, 2.75) is 61.2 Å². The molecule has 0 radical (unpaired) electrons. The van der Waals surface area contributed by atoms with E-state index in [9.17, 15) is 21.9 Å². The molecule has 0 amide bonds. The lowest BCUT2D eigenvalue weighted by Gasteiger charge is -2.31. The maximum absolute atomic E-state index is 12.5. The van der Waals surface area contributed by atoms with Gasteiger partial charge in [-0.3, -0.25) is 8.37 Å². The zero-order valence-corrected chi connectivity index (χ0v) is 17.8. The van der Waals surface area contributed by atoms with Crippen LogP contribution in [-0.2, 0) is 28.6 Å². The molecule has 9 heteroatoms. The molecule has 1 saturated carbocycles. The third kappa shape index (κ3) is 5.64. The minimum absolute atomic E-state index is 0.00732. The normalized spacial score (nSPS) is 23.1. The summed E-state index contributed by atoms with van der Waals surface area (Å²) in [4.78, 5) is 0.0146. The highest BCUT2D eigenvalue weighted by atomic mass is 32.2. The smallest absolute Gasteiger partial charge is 0.297 e. The number of aryl methyl sites for hydroxylation is 2. The van der Waals surface area contributed by atoms with Crippen molar-refractivity contribution < 1.29 is 30.3 Å². The third-order valence-electron chi connectivity index (χ3n) is 4.74. The Kier molecular flexibility index (Phi) is 6.45. The van der Waals surface area contributed by atoms with E-state index in [4.69, 9.17) is 8.37 Å². The first-order valence-corrected chi connectivity index (χ1v) is 12.0.